The molecule has 4 heteroatoms. The molecule has 3 atom stereocenters. The molecule has 4 nitrogen and oxygen atoms in total. The second-order valence-electron chi connectivity index (χ2n) is 7.37. The lowest BCUT2D eigenvalue weighted by Gasteiger charge is -2.19. The van der Waals surface area contributed by atoms with E-state index in [-0.39, 0.29) is 17.8 Å². The number of rotatable bonds is 12. The molecule has 1 aliphatic rings. The maximum atomic E-state index is 12.2. The maximum absolute atomic E-state index is 12.2. The lowest BCUT2D eigenvalue weighted by atomic mass is 9.84. The van der Waals surface area contributed by atoms with Crippen molar-refractivity contribution in [2.24, 2.45) is 17.8 Å². The molecule has 1 rings (SSSR count). The van der Waals surface area contributed by atoms with E-state index < -0.39 is 0 Å². The van der Waals surface area contributed by atoms with Crippen molar-refractivity contribution >= 4 is 17.5 Å². The maximum Gasteiger partial charge on any atom is 0.305 e. The van der Waals surface area contributed by atoms with Gasteiger partial charge in [-0.1, -0.05) is 26.7 Å². The summed E-state index contributed by atoms with van der Waals surface area (Å²) in [5.74, 6) is 1.20. The molecule has 1 saturated carbocycles. The quantitative estimate of drug-likeness (QED) is 0.388. The Balaban J connectivity index is 2.35. The van der Waals surface area contributed by atoms with Crippen LogP contribution in [0.15, 0.2) is 0 Å². The highest BCUT2D eigenvalue weighted by Crippen LogP contribution is 2.36. The van der Waals surface area contributed by atoms with Crippen LogP contribution in [-0.2, 0) is 19.1 Å². The third kappa shape index (κ3) is 7.59. The number of Topliss-reactive ketones (excluding diaryl/α,β-unsaturated/α-hetero) is 2. The third-order valence-corrected chi connectivity index (χ3v) is 5.31. The fraction of sp³-hybridized carbons (Fsp3) is 0.850. The molecule has 0 bridgehead atoms. The van der Waals surface area contributed by atoms with Gasteiger partial charge in [-0.3, -0.25) is 14.4 Å². The van der Waals surface area contributed by atoms with Gasteiger partial charge < -0.3 is 4.74 Å². The van der Waals surface area contributed by atoms with E-state index in [1.165, 1.54) is 7.11 Å². The zero-order chi connectivity index (χ0) is 17.9. The van der Waals surface area contributed by atoms with E-state index in [0.29, 0.717) is 43.2 Å². The van der Waals surface area contributed by atoms with Crippen LogP contribution in [0, 0.1) is 17.8 Å². The van der Waals surface area contributed by atoms with Crippen molar-refractivity contribution in [2.75, 3.05) is 7.11 Å². The molecule has 138 valence electrons. The average Bonchev–Trinajstić information content (AvgIpc) is 2.91. The van der Waals surface area contributed by atoms with Crippen molar-refractivity contribution in [3.8, 4) is 0 Å². The molecule has 0 saturated heterocycles. The smallest absolute Gasteiger partial charge is 0.305 e. The van der Waals surface area contributed by atoms with Crippen LogP contribution in [0.3, 0.4) is 0 Å². The average molecular weight is 338 g/mol. The molecule has 0 aromatic heterocycles. The van der Waals surface area contributed by atoms with Crippen molar-refractivity contribution in [3.63, 3.8) is 0 Å². The van der Waals surface area contributed by atoms with Crippen LogP contribution in [0.5, 0.6) is 0 Å². The van der Waals surface area contributed by atoms with Gasteiger partial charge in [-0.25, -0.2) is 0 Å². The van der Waals surface area contributed by atoms with Crippen LogP contribution < -0.4 is 0 Å². The van der Waals surface area contributed by atoms with Gasteiger partial charge >= 0.3 is 5.97 Å². The van der Waals surface area contributed by atoms with E-state index in [1.54, 1.807) is 0 Å². The van der Waals surface area contributed by atoms with Gasteiger partial charge in [-0.15, -0.1) is 0 Å². The molecule has 0 aromatic carbocycles. The molecule has 0 heterocycles. The summed E-state index contributed by atoms with van der Waals surface area (Å²) in [6, 6.07) is 0. The standard InChI is InChI=1S/C20H34O4/c1-4-5-6-7-17(21)11-9-16-10-13-19(22)18(16)12-8-15(2)14-20(23)24-3/h15-16,18H,4-14H2,1-3H3. The first-order valence-electron chi connectivity index (χ1n) is 9.59. The van der Waals surface area contributed by atoms with Gasteiger partial charge in [0.15, 0.2) is 0 Å². The molecule has 0 aliphatic heterocycles. The predicted octanol–water partition coefficient (Wildman–Crippen LogP) is 4.49. The summed E-state index contributed by atoms with van der Waals surface area (Å²) in [5, 5.41) is 0. The number of hydrogen-bond acceptors (Lipinski definition) is 4. The molecule has 0 amide bonds. The van der Waals surface area contributed by atoms with Gasteiger partial charge in [0.1, 0.15) is 11.6 Å². The highest BCUT2D eigenvalue weighted by Gasteiger charge is 2.34. The SMILES string of the molecule is CCCCCC(=O)CCC1CCC(=O)C1CCC(C)CC(=O)OC. The Morgan fingerprint density at radius 1 is 1.21 bits per heavy atom. The molecule has 24 heavy (non-hydrogen) atoms. The summed E-state index contributed by atoms with van der Waals surface area (Å²) in [7, 11) is 1.41. The first-order valence-corrected chi connectivity index (χ1v) is 9.59. The Bertz CT molecular complexity index is 416. The zero-order valence-corrected chi connectivity index (χ0v) is 15.6. The molecule has 0 aromatic rings. The van der Waals surface area contributed by atoms with Crippen LogP contribution in [0.2, 0.25) is 0 Å². The van der Waals surface area contributed by atoms with E-state index in [1.807, 2.05) is 6.92 Å². The van der Waals surface area contributed by atoms with Crippen molar-refractivity contribution in [1.82, 2.24) is 0 Å². The van der Waals surface area contributed by atoms with Gasteiger partial charge in [-0.2, -0.15) is 0 Å². The number of carbonyl (C=O) groups is 3. The van der Waals surface area contributed by atoms with Crippen LogP contribution in [0.1, 0.15) is 84.5 Å². The topological polar surface area (TPSA) is 60.4 Å². The Labute approximate surface area is 146 Å². The third-order valence-electron chi connectivity index (χ3n) is 5.31. The normalized spacial score (nSPS) is 21.7. The molecular formula is C20H34O4. The van der Waals surface area contributed by atoms with E-state index in [9.17, 15) is 14.4 Å². The molecule has 0 spiro atoms. The van der Waals surface area contributed by atoms with Crippen LogP contribution >= 0.6 is 0 Å². The van der Waals surface area contributed by atoms with Crippen molar-refractivity contribution in [3.05, 3.63) is 0 Å². The number of esters is 1. The van der Waals surface area contributed by atoms with Gasteiger partial charge in [0.2, 0.25) is 0 Å². The molecule has 1 aliphatic carbocycles. The van der Waals surface area contributed by atoms with E-state index in [0.717, 1.165) is 44.9 Å². The largest absolute Gasteiger partial charge is 0.469 e. The van der Waals surface area contributed by atoms with Gasteiger partial charge in [0, 0.05) is 31.6 Å². The van der Waals surface area contributed by atoms with Crippen LogP contribution in [0.4, 0.5) is 0 Å². The Morgan fingerprint density at radius 2 is 1.96 bits per heavy atom. The minimum Gasteiger partial charge on any atom is -0.469 e. The lowest BCUT2D eigenvalue weighted by molar-refractivity contribution is -0.141. The summed E-state index contributed by atoms with van der Waals surface area (Å²) in [4.78, 5) is 35.4. The summed E-state index contributed by atoms with van der Waals surface area (Å²) in [5.41, 5.74) is 0. The van der Waals surface area contributed by atoms with Gasteiger partial charge in [0.05, 0.1) is 7.11 Å². The monoisotopic (exact) mass is 338 g/mol. The lowest BCUT2D eigenvalue weighted by Crippen LogP contribution is -2.18. The number of carbonyl (C=O) groups excluding carboxylic acids is 3. The molecule has 0 N–H and O–H groups in total. The second kappa shape index (κ2) is 11.4. The highest BCUT2D eigenvalue weighted by atomic mass is 16.5. The minimum absolute atomic E-state index is 0.0912. The number of ketones is 2. The minimum atomic E-state index is -0.186. The second-order valence-corrected chi connectivity index (χ2v) is 7.37. The van der Waals surface area contributed by atoms with Crippen LogP contribution in [-0.4, -0.2) is 24.6 Å². The summed E-state index contributed by atoms with van der Waals surface area (Å²) >= 11 is 0. The number of methoxy groups -OCH3 is 1. The number of ether oxygens (including phenoxy) is 1. The van der Waals surface area contributed by atoms with Crippen molar-refractivity contribution < 1.29 is 19.1 Å². The first-order chi connectivity index (χ1) is 11.5. The van der Waals surface area contributed by atoms with E-state index in [2.05, 4.69) is 6.92 Å². The van der Waals surface area contributed by atoms with Gasteiger partial charge in [-0.05, 0) is 43.9 Å². The van der Waals surface area contributed by atoms with Gasteiger partial charge in [0.25, 0.3) is 0 Å². The van der Waals surface area contributed by atoms with Crippen LogP contribution in [0.25, 0.3) is 0 Å². The van der Waals surface area contributed by atoms with Crippen molar-refractivity contribution in [2.45, 2.75) is 84.5 Å². The molecule has 3 unspecified atom stereocenters. The zero-order valence-electron chi connectivity index (χ0n) is 15.6. The molecule has 1 fully saturated rings. The number of hydrogen-bond donors (Lipinski definition) is 0. The summed E-state index contributed by atoms with van der Waals surface area (Å²) in [6.07, 6.45) is 9.12. The summed E-state index contributed by atoms with van der Waals surface area (Å²) < 4.78 is 4.70. The Hall–Kier alpha value is -1.19. The first kappa shape index (κ1) is 20.9. The van der Waals surface area contributed by atoms with Crippen molar-refractivity contribution in [1.29, 1.82) is 0 Å². The fourth-order valence-electron chi connectivity index (χ4n) is 3.70. The Morgan fingerprint density at radius 3 is 2.62 bits per heavy atom. The summed E-state index contributed by atoms with van der Waals surface area (Å²) in [6.45, 7) is 4.17. The number of unbranched alkanes of at least 4 members (excludes halogenated alkanes) is 2. The molecule has 0 radical (unpaired) electrons. The van der Waals surface area contributed by atoms with E-state index in [4.69, 9.17) is 4.74 Å². The van der Waals surface area contributed by atoms with E-state index >= 15 is 0 Å². The Kier molecular flexibility index (Phi) is 9.89. The molecular weight excluding hydrogens is 304 g/mol. The fourth-order valence-corrected chi connectivity index (χ4v) is 3.70. The predicted molar refractivity (Wildman–Crippen MR) is 94.6 cm³/mol. The highest BCUT2D eigenvalue weighted by molar-refractivity contribution is 5.83.